The summed E-state index contributed by atoms with van der Waals surface area (Å²) in [5.74, 6) is 2.10. The summed E-state index contributed by atoms with van der Waals surface area (Å²) >= 11 is 0. The van der Waals surface area contributed by atoms with Crippen molar-refractivity contribution in [2.75, 3.05) is 46.0 Å². The summed E-state index contributed by atoms with van der Waals surface area (Å²) in [4.78, 5) is 20.6. The molecule has 5 heteroatoms. The van der Waals surface area contributed by atoms with Gasteiger partial charge in [0, 0.05) is 19.6 Å². The molecule has 112 valence electrons. The maximum Gasteiger partial charge on any atom is 0.251 e. The molecule has 0 spiro atoms. The predicted octanol–water partition coefficient (Wildman–Crippen LogP) is 0.755. The first-order valence-corrected chi connectivity index (χ1v) is 8.05. The van der Waals surface area contributed by atoms with E-state index >= 15 is 0 Å². The van der Waals surface area contributed by atoms with Gasteiger partial charge in [0.05, 0.1) is 32.3 Å². The van der Waals surface area contributed by atoms with Gasteiger partial charge in [-0.1, -0.05) is 0 Å². The second-order valence-electron chi connectivity index (χ2n) is 6.86. The molecule has 3 saturated heterocycles. The number of likely N-dealkylation sites (tertiary alicyclic amines) is 1. The fourth-order valence-corrected chi connectivity index (χ4v) is 3.97. The van der Waals surface area contributed by atoms with Crippen LogP contribution in [0.25, 0.3) is 0 Å². The molecule has 4 aliphatic rings. The molecule has 3 aliphatic heterocycles. The largest absolute Gasteiger partial charge is 0.380 e. The van der Waals surface area contributed by atoms with Crippen LogP contribution in [0.1, 0.15) is 19.3 Å². The lowest BCUT2D eigenvalue weighted by atomic mass is 9.82. The summed E-state index contributed by atoms with van der Waals surface area (Å²) in [7, 11) is 0. The SMILES string of the molecule is O=C([C@H]1COC[C@H]2CN(CC3CC3)C[C@H]21)N1CCCO1. The Bertz CT molecular complexity index is 379. The Balaban J connectivity index is 1.42. The molecular weight excluding hydrogens is 256 g/mol. The van der Waals surface area contributed by atoms with Crippen molar-refractivity contribution < 1.29 is 14.4 Å². The average Bonchev–Trinajstić information content (AvgIpc) is 2.95. The van der Waals surface area contributed by atoms with Crippen LogP contribution in [-0.2, 0) is 14.4 Å². The van der Waals surface area contributed by atoms with Crippen LogP contribution in [0.15, 0.2) is 0 Å². The molecule has 5 nitrogen and oxygen atoms in total. The van der Waals surface area contributed by atoms with Gasteiger partial charge in [0.25, 0.3) is 5.91 Å². The first kappa shape index (κ1) is 13.0. The van der Waals surface area contributed by atoms with Crippen LogP contribution < -0.4 is 0 Å². The fraction of sp³-hybridized carbons (Fsp3) is 0.933. The lowest BCUT2D eigenvalue weighted by Gasteiger charge is -2.33. The topological polar surface area (TPSA) is 42.0 Å². The fourth-order valence-electron chi connectivity index (χ4n) is 3.97. The summed E-state index contributed by atoms with van der Waals surface area (Å²) < 4.78 is 5.72. The van der Waals surface area contributed by atoms with Crippen LogP contribution in [0, 0.1) is 23.7 Å². The first-order chi connectivity index (χ1) is 9.81. The molecule has 3 heterocycles. The standard InChI is InChI=1S/C15H24N2O3/c18-15(17-4-1-5-20-17)14-10-19-9-12-7-16(8-13(12)14)6-11-2-3-11/h11-14H,1-10H2/t12-,13-,14+/m1/s1. The molecule has 0 bridgehead atoms. The number of nitrogens with zero attached hydrogens (tertiary/aromatic N) is 2. The summed E-state index contributed by atoms with van der Waals surface area (Å²) in [5.41, 5.74) is 0. The summed E-state index contributed by atoms with van der Waals surface area (Å²) in [6.07, 6.45) is 3.75. The van der Waals surface area contributed by atoms with Gasteiger partial charge in [-0.25, -0.2) is 5.06 Å². The minimum Gasteiger partial charge on any atom is -0.380 e. The van der Waals surface area contributed by atoms with Crippen molar-refractivity contribution in [3.63, 3.8) is 0 Å². The van der Waals surface area contributed by atoms with Gasteiger partial charge in [0.1, 0.15) is 0 Å². The molecule has 0 aromatic rings. The van der Waals surface area contributed by atoms with Crippen molar-refractivity contribution in [2.24, 2.45) is 23.7 Å². The van der Waals surface area contributed by atoms with Crippen molar-refractivity contribution in [1.82, 2.24) is 9.96 Å². The number of hydrogen-bond acceptors (Lipinski definition) is 4. The van der Waals surface area contributed by atoms with E-state index in [4.69, 9.17) is 9.57 Å². The third-order valence-corrected chi connectivity index (χ3v) is 5.24. The van der Waals surface area contributed by atoms with Gasteiger partial charge in [0.2, 0.25) is 0 Å². The smallest absolute Gasteiger partial charge is 0.251 e. The van der Waals surface area contributed by atoms with E-state index in [1.165, 1.54) is 19.4 Å². The molecule has 1 aliphatic carbocycles. The Morgan fingerprint density at radius 3 is 2.85 bits per heavy atom. The maximum absolute atomic E-state index is 12.6. The molecule has 0 N–H and O–H groups in total. The lowest BCUT2D eigenvalue weighted by molar-refractivity contribution is -0.181. The van der Waals surface area contributed by atoms with Gasteiger partial charge < -0.3 is 9.64 Å². The Morgan fingerprint density at radius 2 is 2.10 bits per heavy atom. The lowest BCUT2D eigenvalue weighted by Crippen LogP contribution is -2.45. The van der Waals surface area contributed by atoms with E-state index in [1.54, 1.807) is 5.06 Å². The van der Waals surface area contributed by atoms with Gasteiger partial charge >= 0.3 is 0 Å². The van der Waals surface area contributed by atoms with Crippen LogP contribution in [0.5, 0.6) is 0 Å². The zero-order chi connectivity index (χ0) is 13.5. The number of rotatable bonds is 3. The van der Waals surface area contributed by atoms with E-state index < -0.39 is 0 Å². The number of hydrogen-bond donors (Lipinski definition) is 0. The molecule has 0 unspecified atom stereocenters. The van der Waals surface area contributed by atoms with Crippen LogP contribution in [0.3, 0.4) is 0 Å². The number of fused-ring (bicyclic) bond motifs is 1. The van der Waals surface area contributed by atoms with E-state index in [1.807, 2.05) is 0 Å². The second-order valence-corrected chi connectivity index (χ2v) is 6.86. The quantitative estimate of drug-likeness (QED) is 0.765. The van der Waals surface area contributed by atoms with Crippen molar-refractivity contribution >= 4 is 5.91 Å². The Kier molecular flexibility index (Phi) is 3.44. The molecule has 1 saturated carbocycles. The van der Waals surface area contributed by atoms with Crippen LogP contribution in [0.4, 0.5) is 0 Å². The van der Waals surface area contributed by atoms with Gasteiger partial charge in [-0.3, -0.25) is 9.63 Å². The van der Waals surface area contributed by atoms with Crippen molar-refractivity contribution in [3.05, 3.63) is 0 Å². The van der Waals surface area contributed by atoms with Gasteiger partial charge in [-0.05, 0) is 37.0 Å². The molecule has 0 aromatic heterocycles. The van der Waals surface area contributed by atoms with E-state index in [9.17, 15) is 4.79 Å². The average molecular weight is 280 g/mol. The highest BCUT2D eigenvalue weighted by Crippen LogP contribution is 2.38. The summed E-state index contributed by atoms with van der Waals surface area (Å²) in [5, 5.41) is 1.58. The molecular formula is C15H24N2O3. The van der Waals surface area contributed by atoms with E-state index in [-0.39, 0.29) is 11.8 Å². The number of ether oxygens (including phenoxy) is 1. The molecule has 20 heavy (non-hydrogen) atoms. The molecule has 3 atom stereocenters. The van der Waals surface area contributed by atoms with Crippen molar-refractivity contribution in [1.29, 1.82) is 0 Å². The Morgan fingerprint density at radius 1 is 1.20 bits per heavy atom. The van der Waals surface area contributed by atoms with Crippen molar-refractivity contribution in [3.8, 4) is 0 Å². The number of carbonyl (C=O) groups is 1. The summed E-state index contributed by atoms with van der Waals surface area (Å²) in [6.45, 7) is 6.27. The van der Waals surface area contributed by atoms with E-state index in [0.29, 0.717) is 25.0 Å². The molecule has 4 rings (SSSR count). The van der Waals surface area contributed by atoms with E-state index in [2.05, 4.69) is 4.90 Å². The van der Waals surface area contributed by atoms with E-state index in [0.717, 1.165) is 38.6 Å². The van der Waals surface area contributed by atoms with Gasteiger partial charge in [0.15, 0.2) is 0 Å². The molecule has 1 amide bonds. The first-order valence-electron chi connectivity index (χ1n) is 8.05. The monoisotopic (exact) mass is 280 g/mol. The highest BCUT2D eigenvalue weighted by atomic mass is 16.7. The third-order valence-electron chi connectivity index (χ3n) is 5.24. The molecule has 4 fully saturated rings. The molecule has 0 aromatic carbocycles. The van der Waals surface area contributed by atoms with Gasteiger partial charge in [-0.15, -0.1) is 0 Å². The minimum absolute atomic E-state index is 0.0102. The highest BCUT2D eigenvalue weighted by Gasteiger charge is 2.46. The minimum atomic E-state index is 0.0102. The predicted molar refractivity (Wildman–Crippen MR) is 72.7 cm³/mol. The number of hydroxylamine groups is 2. The number of carbonyl (C=O) groups excluding carboxylic acids is 1. The zero-order valence-corrected chi connectivity index (χ0v) is 12.0. The van der Waals surface area contributed by atoms with Gasteiger partial charge in [-0.2, -0.15) is 0 Å². The normalized spacial score (nSPS) is 38.2. The second kappa shape index (κ2) is 5.28. The maximum atomic E-state index is 12.6. The van der Waals surface area contributed by atoms with Crippen LogP contribution in [-0.4, -0.2) is 61.9 Å². The third kappa shape index (κ3) is 2.47. The summed E-state index contributed by atoms with van der Waals surface area (Å²) in [6, 6.07) is 0. The Labute approximate surface area is 120 Å². The van der Waals surface area contributed by atoms with Crippen LogP contribution in [0.2, 0.25) is 0 Å². The number of amides is 1. The highest BCUT2D eigenvalue weighted by molar-refractivity contribution is 5.78. The molecule has 0 radical (unpaired) electrons. The van der Waals surface area contributed by atoms with Crippen molar-refractivity contribution in [2.45, 2.75) is 19.3 Å². The Hall–Kier alpha value is -0.650. The zero-order valence-electron chi connectivity index (χ0n) is 12.0. The van der Waals surface area contributed by atoms with Crippen LogP contribution >= 0.6 is 0 Å².